The number of halogens is 1. The summed E-state index contributed by atoms with van der Waals surface area (Å²) in [5, 5.41) is 3.89. The number of likely N-dealkylation sites (tertiary alicyclic amines) is 1. The van der Waals surface area contributed by atoms with E-state index in [0.717, 1.165) is 31.3 Å². The number of piperidine rings is 1. The normalized spacial score (nSPS) is 19.1. The molecule has 2 aromatic rings. The SMILES string of the molecule is CCOc1ccc(N2C(=O)[C@@H](CC(=O)Nc3ccc(Cl)cc3)N(CCN3CCC(C)CC3)C2=S)cc1. The predicted octanol–water partition coefficient (Wildman–Crippen LogP) is 4.80. The second-order valence-corrected chi connectivity index (χ2v) is 10.2. The van der Waals surface area contributed by atoms with Gasteiger partial charge in [-0.25, -0.2) is 0 Å². The minimum Gasteiger partial charge on any atom is -0.494 e. The summed E-state index contributed by atoms with van der Waals surface area (Å²) >= 11 is 11.8. The molecule has 0 radical (unpaired) electrons. The molecule has 0 unspecified atom stereocenters. The van der Waals surface area contributed by atoms with Gasteiger partial charge in [0.1, 0.15) is 11.8 Å². The molecule has 0 spiro atoms. The van der Waals surface area contributed by atoms with Crippen LogP contribution in [0.4, 0.5) is 11.4 Å². The molecule has 0 saturated carbocycles. The number of benzene rings is 2. The lowest BCUT2D eigenvalue weighted by Crippen LogP contribution is -2.44. The van der Waals surface area contributed by atoms with E-state index in [4.69, 9.17) is 28.6 Å². The van der Waals surface area contributed by atoms with E-state index >= 15 is 0 Å². The van der Waals surface area contributed by atoms with Gasteiger partial charge in [0.25, 0.3) is 5.91 Å². The van der Waals surface area contributed by atoms with Crippen LogP contribution >= 0.6 is 23.8 Å². The molecule has 0 aliphatic carbocycles. The number of rotatable bonds is 9. The molecule has 2 fully saturated rings. The standard InChI is InChI=1S/C27H33ClN4O3S/c1-3-35-23-10-8-22(9-11-23)32-26(34)24(18-25(33)29-21-6-4-20(28)5-7-21)31(27(32)36)17-16-30-14-12-19(2)13-15-30/h4-11,19,24H,3,12-18H2,1-2H3,(H,29,33)/t24-/m1/s1. The van der Waals surface area contributed by atoms with Crippen LogP contribution in [0.1, 0.15) is 33.1 Å². The van der Waals surface area contributed by atoms with Crippen LogP contribution in [-0.4, -0.2) is 65.6 Å². The molecule has 2 aromatic carbocycles. The van der Waals surface area contributed by atoms with Crippen molar-refractivity contribution in [2.24, 2.45) is 5.92 Å². The minimum absolute atomic E-state index is 0.00611. The summed E-state index contributed by atoms with van der Waals surface area (Å²) in [5.74, 6) is 1.04. The summed E-state index contributed by atoms with van der Waals surface area (Å²) in [6.07, 6.45) is 2.36. The zero-order chi connectivity index (χ0) is 25.7. The lowest BCUT2D eigenvalue weighted by molar-refractivity contribution is -0.124. The largest absolute Gasteiger partial charge is 0.494 e. The molecule has 36 heavy (non-hydrogen) atoms. The van der Waals surface area contributed by atoms with Gasteiger partial charge in [0.2, 0.25) is 5.91 Å². The Kier molecular flexibility index (Phi) is 8.82. The van der Waals surface area contributed by atoms with E-state index in [1.807, 2.05) is 36.1 Å². The summed E-state index contributed by atoms with van der Waals surface area (Å²) in [4.78, 5) is 32.4. The fraction of sp³-hybridized carbons (Fsp3) is 0.444. The van der Waals surface area contributed by atoms with E-state index < -0.39 is 6.04 Å². The first-order chi connectivity index (χ1) is 17.4. The molecule has 2 amide bonds. The highest BCUT2D eigenvalue weighted by Crippen LogP contribution is 2.29. The monoisotopic (exact) mass is 528 g/mol. The van der Waals surface area contributed by atoms with Crippen LogP contribution in [0.15, 0.2) is 48.5 Å². The van der Waals surface area contributed by atoms with Crippen LogP contribution in [0, 0.1) is 5.92 Å². The molecular formula is C27H33ClN4O3S. The average Bonchev–Trinajstić information content (AvgIpc) is 3.09. The zero-order valence-electron chi connectivity index (χ0n) is 20.8. The summed E-state index contributed by atoms with van der Waals surface area (Å²) in [6.45, 7) is 8.25. The first-order valence-corrected chi connectivity index (χ1v) is 13.3. The number of carbonyl (C=O) groups excluding carboxylic acids is 2. The molecule has 1 atom stereocenters. The van der Waals surface area contributed by atoms with Crippen molar-refractivity contribution in [3.05, 3.63) is 53.6 Å². The molecule has 9 heteroatoms. The summed E-state index contributed by atoms with van der Waals surface area (Å²) < 4.78 is 5.54. The second-order valence-electron chi connectivity index (χ2n) is 9.38. The number of nitrogens with zero attached hydrogens (tertiary/aromatic N) is 3. The van der Waals surface area contributed by atoms with Crippen molar-refractivity contribution < 1.29 is 14.3 Å². The Labute approximate surface area is 223 Å². The molecule has 0 bridgehead atoms. The van der Waals surface area contributed by atoms with Gasteiger partial charge in [0.05, 0.1) is 18.7 Å². The Morgan fingerprint density at radius 1 is 1.08 bits per heavy atom. The van der Waals surface area contributed by atoms with Gasteiger partial charge in [0.15, 0.2) is 5.11 Å². The molecule has 2 heterocycles. The summed E-state index contributed by atoms with van der Waals surface area (Å²) in [5.41, 5.74) is 1.31. The topological polar surface area (TPSA) is 65.1 Å². The number of hydrogen-bond acceptors (Lipinski definition) is 5. The third kappa shape index (κ3) is 6.35. The number of ether oxygens (including phenoxy) is 1. The number of carbonyl (C=O) groups is 2. The van der Waals surface area contributed by atoms with Crippen LogP contribution in [0.2, 0.25) is 5.02 Å². The highest BCUT2D eigenvalue weighted by molar-refractivity contribution is 7.80. The fourth-order valence-corrected chi connectivity index (χ4v) is 5.18. The minimum atomic E-state index is -0.667. The lowest BCUT2D eigenvalue weighted by Gasteiger charge is -2.32. The van der Waals surface area contributed by atoms with Crippen molar-refractivity contribution in [1.29, 1.82) is 0 Å². The number of amides is 2. The van der Waals surface area contributed by atoms with Crippen molar-refractivity contribution in [3.8, 4) is 5.75 Å². The number of nitrogens with one attached hydrogen (secondary N) is 1. The third-order valence-electron chi connectivity index (χ3n) is 6.76. The highest BCUT2D eigenvalue weighted by atomic mass is 35.5. The molecule has 1 N–H and O–H groups in total. The molecule has 2 aliphatic rings. The Bertz CT molecular complexity index is 1070. The second kappa shape index (κ2) is 12.0. The van der Waals surface area contributed by atoms with Crippen molar-refractivity contribution in [2.75, 3.05) is 43.0 Å². The number of hydrogen-bond donors (Lipinski definition) is 1. The van der Waals surface area contributed by atoms with Crippen LogP contribution in [0.3, 0.4) is 0 Å². The average molecular weight is 529 g/mol. The number of anilines is 2. The van der Waals surface area contributed by atoms with Crippen molar-refractivity contribution in [2.45, 2.75) is 39.2 Å². The van der Waals surface area contributed by atoms with Crippen LogP contribution in [-0.2, 0) is 9.59 Å². The first-order valence-electron chi connectivity index (χ1n) is 12.5. The Hall–Kier alpha value is -2.68. The van der Waals surface area contributed by atoms with Gasteiger partial charge in [-0.1, -0.05) is 18.5 Å². The Morgan fingerprint density at radius 3 is 2.39 bits per heavy atom. The zero-order valence-corrected chi connectivity index (χ0v) is 22.4. The van der Waals surface area contributed by atoms with Gasteiger partial charge in [0, 0.05) is 23.8 Å². The summed E-state index contributed by atoms with van der Waals surface area (Å²) in [7, 11) is 0. The van der Waals surface area contributed by atoms with E-state index in [2.05, 4.69) is 17.1 Å². The third-order valence-corrected chi connectivity index (χ3v) is 7.43. The van der Waals surface area contributed by atoms with E-state index in [1.54, 1.807) is 29.2 Å². The van der Waals surface area contributed by atoms with Crippen LogP contribution in [0.25, 0.3) is 0 Å². The predicted molar refractivity (Wildman–Crippen MR) is 148 cm³/mol. The fourth-order valence-electron chi connectivity index (χ4n) is 4.64. The molecule has 0 aromatic heterocycles. The molecule has 192 valence electrons. The maximum absolute atomic E-state index is 13.6. The molecular weight excluding hydrogens is 496 g/mol. The molecule has 2 aliphatic heterocycles. The maximum Gasteiger partial charge on any atom is 0.256 e. The smallest absolute Gasteiger partial charge is 0.256 e. The van der Waals surface area contributed by atoms with Crippen molar-refractivity contribution in [1.82, 2.24) is 9.80 Å². The van der Waals surface area contributed by atoms with E-state index in [0.29, 0.717) is 34.7 Å². The van der Waals surface area contributed by atoms with Gasteiger partial charge in [-0.05, 0) is 99.5 Å². The first kappa shape index (κ1) is 26.4. The molecule has 2 saturated heterocycles. The molecule has 7 nitrogen and oxygen atoms in total. The van der Waals surface area contributed by atoms with Gasteiger partial charge >= 0.3 is 0 Å². The van der Waals surface area contributed by atoms with Gasteiger partial charge in [-0.15, -0.1) is 0 Å². The lowest BCUT2D eigenvalue weighted by atomic mass is 9.99. The highest BCUT2D eigenvalue weighted by Gasteiger charge is 2.44. The van der Waals surface area contributed by atoms with E-state index in [-0.39, 0.29) is 18.2 Å². The van der Waals surface area contributed by atoms with E-state index in [1.165, 1.54) is 12.8 Å². The molecule has 4 rings (SSSR count). The van der Waals surface area contributed by atoms with Crippen LogP contribution < -0.4 is 15.0 Å². The van der Waals surface area contributed by atoms with Gasteiger partial charge in [-0.3, -0.25) is 14.5 Å². The van der Waals surface area contributed by atoms with Gasteiger partial charge in [-0.2, -0.15) is 0 Å². The van der Waals surface area contributed by atoms with Gasteiger partial charge < -0.3 is 19.9 Å². The Balaban J connectivity index is 1.50. The number of thiocarbonyl (C=S) groups is 1. The van der Waals surface area contributed by atoms with Crippen LogP contribution in [0.5, 0.6) is 5.75 Å². The maximum atomic E-state index is 13.6. The van der Waals surface area contributed by atoms with E-state index in [9.17, 15) is 9.59 Å². The summed E-state index contributed by atoms with van der Waals surface area (Å²) in [6, 6.07) is 13.6. The Morgan fingerprint density at radius 2 is 1.75 bits per heavy atom. The van der Waals surface area contributed by atoms with Crippen molar-refractivity contribution >= 4 is 52.1 Å². The quantitative estimate of drug-likeness (QED) is 0.472. The van der Waals surface area contributed by atoms with Crippen molar-refractivity contribution in [3.63, 3.8) is 0 Å².